The maximum atomic E-state index is 12.0. The number of carbonyl (C=O) groups excluding carboxylic acids is 1. The summed E-state index contributed by atoms with van der Waals surface area (Å²) >= 11 is 5.77. The molecule has 0 aliphatic carbocycles. The van der Waals surface area contributed by atoms with Crippen LogP contribution in [0.2, 0.25) is 5.22 Å². The van der Waals surface area contributed by atoms with Gasteiger partial charge in [0, 0.05) is 12.8 Å². The maximum Gasteiger partial charge on any atom is 0.260 e. The van der Waals surface area contributed by atoms with E-state index in [2.05, 4.69) is 5.32 Å². The first kappa shape index (κ1) is 15.6. The first-order valence-electron chi connectivity index (χ1n) is 6.40. The van der Waals surface area contributed by atoms with E-state index >= 15 is 0 Å². The average Bonchev–Trinajstić information content (AvgIpc) is 2.90. The number of nitrogens with one attached hydrogen (secondary N) is 1. The first-order valence-corrected chi connectivity index (χ1v) is 6.78. The second kappa shape index (κ2) is 7.83. The molecule has 0 saturated carbocycles. The summed E-state index contributed by atoms with van der Waals surface area (Å²) in [6, 6.07) is 8.94. The highest BCUT2D eigenvalue weighted by Gasteiger charge is 2.13. The molecule has 2 rings (SSSR count). The van der Waals surface area contributed by atoms with E-state index in [1.54, 1.807) is 13.2 Å². The number of anilines is 1. The van der Waals surface area contributed by atoms with Gasteiger partial charge in [0.25, 0.3) is 5.91 Å². The van der Waals surface area contributed by atoms with Crippen molar-refractivity contribution in [1.82, 2.24) is 0 Å². The van der Waals surface area contributed by atoms with E-state index in [-0.39, 0.29) is 11.1 Å². The van der Waals surface area contributed by atoms with Crippen LogP contribution in [0.15, 0.2) is 41.0 Å². The van der Waals surface area contributed by atoms with Crippen molar-refractivity contribution in [2.24, 2.45) is 0 Å². The van der Waals surface area contributed by atoms with Gasteiger partial charge in [0.1, 0.15) is 0 Å². The summed E-state index contributed by atoms with van der Waals surface area (Å²) in [7, 11) is 1.63. The van der Waals surface area contributed by atoms with Crippen molar-refractivity contribution in [1.29, 1.82) is 0 Å². The topological polar surface area (TPSA) is 60.7 Å². The molecule has 0 radical (unpaired) electrons. The van der Waals surface area contributed by atoms with E-state index in [4.69, 9.17) is 25.5 Å². The van der Waals surface area contributed by atoms with Gasteiger partial charge in [-0.2, -0.15) is 0 Å². The molecule has 0 spiro atoms. The molecule has 0 atom stereocenters. The van der Waals surface area contributed by atoms with Crippen molar-refractivity contribution in [3.63, 3.8) is 0 Å². The molecule has 0 unspecified atom stereocenters. The highest BCUT2D eigenvalue weighted by molar-refractivity contribution is 6.32. The Morgan fingerprint density at radius 1 is 1.33 bits per heavy atom. The number of ether oxygens (including phenoxy) is 2. The third-order valence-corrected chi connectivity index (χ3v) is 3.04. The van der Waals surface area contributed by atoms with E-state index in [9.17, 15) is 4.79 Å². The zero-order chi connectivity index (χ0) is 15.1. The molecular formula is C15H16ClNO4. The molecule has 0 aliphatic heterocycles. The molecule has 0 fully saturated rings. The number of rotatable bonds is 7. The van der Waals surface area contributed by atoms with Crippen LogP contribution in [0.1, 0.15) is 15.9 Å². The third kappa shape index (κ3) is 4.60. The molecule has 1 N–H and O–H groups in total. The largest absolute Gasteiger partial charge is 0.452 e. The Bertz CT molecular complexity index is 597. The molecule has 1 heterocycles. The zero-order valence-electron chi connectivity index (χ0n) is 11.6. The second-order valence-electron chi connectivity index (χ2n) is 4.31. The fraction of sp³-hybridized carbons (Fsp3) is 0.267. The monoisotopic (exact) mass is 309 g/mol. The SMILES string of the molecule is COCCOCc1cccc(NC(=O)c2ccoc2Cl)c1. The summed E-state index contributed by atoms with van der Waals surface area (Å²) in [5.41, 5.74) is 1.94. The Kier molecular flexibility index (Phi) is 5.80. The predicted molar refractivity (Wildman–Crippen MR) is 79.6 cm³/mol. The van der Waals surface area contributed by atoms with Gasteiger partial charge in [0.15, 0.2) is 0 Å². The van der Waals surface area contributed by atoms with E-state index in [1.165, 1.54) is 12.3 Å². The number of carbonyl (C=O) groups is 1. The van der Waals surface area contributed by atoms with Crippen molar-refractivity contribution in [2.75, 3.05) is 25.6 Å². The zero-order valence-corrected chi connectivity index (χ0v) is 12.4. The van der Waals surface area contributed by atoms with Gasteiger partial charge in [-0.05, 0) is 35.4 Å². The fourth-order valence-electron chi connectivity index (χ4n) is 1.73. The van der Waals surface area contributed by atoms with Crippen LogP contribution in [0, 0.1) is 0 Å². The molecule has 112 valence electrons. The van der Waals surface area contributed by atoms with Gasteiger partial charge in [-0.15, -0.1) is 0 Å². The highest BCUT2D eigenvalue weighted by atomic mass is 35.5. The molecular weight excluding hydrogens is 294 g/mol. The first-order chi connectivity index (χ1) is 10.2. The minimum absolute atomic E-state index is 0.0755. The van der Waals surface area contributed by atoms with E-state index in [0.29, 0.717) is 31.1 Å². The fourth-order valence-corrected chi connectivity index (χ4v) is 1.93. The summed E-state index contributed by atoms with van der Waals surface area (Å²) in [6.45, 7) is 1.53. The molecule has 0 bridgehead atoms. The van der Waals surface area contributed by atoms with Crippen LogP contribution in [0.5, 0.6) is 0 Å². The lowest BCUT2D eigenvalue weighted by Gasteiger charge is -2.07. The van der Waals surface area contributed by atoms with Gasteiger partial charge in [-0.3, -0.25) is 4.79 Å². The number of amides is 1. The summed E-state index contributed by atoms with van der Waals surface area (Å²) in [6.07, 6.45) is 1.37. The van der Waals surface area contributed by atoms with Crippen LogP contribution in [0.4, 0.5) is 5.69 Å². The number of benzene rings is 1. The van der Waals surface area contributed by atoms with Crippen molar-refractivity contribution >= 4 is 23.2 Å². The summed E-state index contributed by atoms with van der Waals surface area (Å²) in [5.74, 6) is -0.314. The Morgan fingerprint density at radius 3 is 2.90 bits per heavy atom. The highest BCUT2D eigenvalue weighted by Crippen LogP contribution is 2.19. The molecule has 2 aromatic rings. The number of hydrogen-bond acceptors (Lipinski definition) is 4. The minimum atomic E-state index is -0.314. The standard InChI is InChI=1S/C15H16ClNO4/c1-19-7-8-20-10-11-3-2-4-12(9-11)17-15(18)13-5-6-21-14(13)16/h2-6,9H,7-8,10H2,1H3,(H,17,18). The third-order valence-electron chi connectivity index (χ3n) is 2.75. The molecule has 0 saturated heterocycles. The molecule has 1 aromatic heterocycles. The van der Waals surface area contributed by atoms with Gasteiger partial charge < -0.3 is 19.2 Å². The molecule has 0 aliphatic rings. The lowest BCUT2D eigenvalue weighted by Crippen LogP contribution is -2.11. The normalized spacial score (nSPS) is 10.6. The van der Waals surface area contributed by atoms with E-state index in [0.717, 1.165) is 5.56 Å². The summed E-state index contributed by atoms with van der Waals surface area (Å²) in [4.78, 5) is 12.0. The molecule has 1 amide bonds. The van der Waals surface area contributed by atoms with Crippen LogP contribution in [-0.2, 0) is 16.1 Å². The van der Waals surface area contributed by atoms with Crippen molar-refractivity contribution < 1.29 is 18.7 Å². The van der Waals surface area contributed by atoms with Gasteiger partial charge in [-0.1, -0.05) is 12.1 Å². The van der Waals surface area contributed by atoms with Crippen LogP contribution >= 0.6 is 11.6 Å². The van der Waals surface area contributed by atoms with Crippen molar-refractivity contribution in [3.05, 3.63) is 52.9 Å². The van der Waals surface area contributed by atoms with Gasteiger partial charge >= 0.3 is 0 Å². The lowest BCUT2D eigenvalue weighted by atomic mass is 10.2. The van der Waals surface area contributed by atoms with Gasteiger partial charge in [0.05, 0.1) is 31.6 Å². The van der Waals surface area contributed by atoms with E-state index < -0.39 is 0 Å². The Hall–Kier alpha value is -1.82. The maximum absolute atomic E-state index is 12.0. The summed E-state index contributed by atoms with van der Waals surface area (Å²) in [5, 5.41) is 2.84. The van der Waals surface area contributed by atoms with Crippen LogP contribution in [-0.4, -0.2) is 26.2 Å². The Morgan fingerprint density at radius 2 is 2.19 bits per heavy atom. The average molecular weight is 310 g/mol. The van der Waals surface area contributed by atoms with Crippen LogP contribution < -0.4 is 5.32 Å². The molecule has 6 heteroatoms. The molecule has 5 nitrogen and oxygen atoms in total. The number of hydrogen-bond donors (Lipinski definition) is 1. The van der Waals surface area contributed by atoms with Gasteiger partial charge in [0.2, 0.25) is 5.22 Å². The predicted octanol–water partition coefficient (Wildman–Crippen LogP) is 3.35. The summed E-state index contributed by atoms with van der Waals surface area (Å²) < 4.78 is 15.2. The van der Waals surface area contributed by atoms with Crippen molar-refractivity contribution in [3.8, 4) is 0 Å². The minimum Gasteiger partial charge on any atom is -0.452 e. The second-order valence-corrected chi connectivity index (χ2v) is 4.65. The number of halogens is 1. The molecule has 1 aromatic carbocycles. The van der Waals surface area contributed by atoms with Crippen LogP contribution in [0.25, 0.3) is 0 Å². The molecule has 21 heavy (non-hydrogen) atoms. The lowest BCUT2D eigenvalue weighted by molar-refractivity contribution is 0.0617. The Balaban J connectivity index is 1.94. The number of furan rings is 1. The van der Waals surface area contributed by atoms with Crippen molar-refractivity contribution in [2.45, 2.75) is 6.61 Å². The van der Waals surface area contributed by atoms with Gasteiger partial charge in [-0.25, -0.2) is 0 Å². The smallest absolute Gasteiger partial charge is 0.260 e. The number of methoxy groups -OCH3 is 1. The Labute approximate surface area is 127 Å². The van der Waals surface area contributed by atoms with E-state index in [1.807, 2.05) is 18.2 Å². The quantitative estimate of drug-likeness (QED) is 0.797. The van der Waals surface area contributed by atoms with Crippen LogP contribution in [0.3, 0.4) is 0 Å².